The molecule has 0 spiro atoms. The fraction of sp³-hybridized carbons (Fsp3) is 0.222. The lowest BCUT2D eigenvalue weighted by atomic mass is 10.1. The topological polar surface area (TPSA) is 34.9 Å². The van der Waals surface area contributed by atoms with Gasteiger partial charge in [0.1, 0.15) is 0 Å². The molecule has 0 N–H and O–H groups in total. The van der Waals surface area contributed by atoms with Crippen LogP contribution in [0.5, 0.6) is 0 Å². The van der Waals surface area contributed by atoms with Gasteiger partial charge in [-0.3, -0.25) is 4.79 Å². The van der Waals surface area contributed by atoms with Crippen LogP contribution in [0.4, 0.5) is 0 Å². The van der Waals surface area contributed by atoms with Crippen molar-refractivity contribution in [1.82, 2.24) is 9.78 Å². The van der Waals surface area contributed by atoms with Crippen LogP contribution in [0.2, 0.25) is 0 Å². The molecule has 3 nitrogen and oxygen atoms in total. The lowest BCUT2D eigenvalue weighted by Crippen LogP contribution is -2.24. The summed E-state index contributed by atoms with van der Waals surface area (Å²) in [7, 11) is 0. The molecule has 0 aliphatic heterocycles. The van der Waals surface area contributed by atoms with Crippen molar-refractivity contribution in [3.63, 3.8) is 0 Å². The average molecular weight is 278 g/mol. The highest BCUT2D eigenvalue weighted by molar-refractivity contribution is 5.83. The van der Waals surface area contributed by atoms with Gasteiger partial charge in [-0.1, -0.05) is 43.3 Å². The van der Waals surface area contributed by atoms with E-state index in [1.807, 2.05) is 50.2 Å². The summed E-state index contributed by atoms with van der Waals surface area (Å²) in [6.07, 6.45) is 0.872. The molecule has 106 valence electrons. The van der Waals surface area contributed by atoms with E-state index >= 15 is 0 Å². The van der Waals surface area contributed by atoms with E-state index in [1.54, 1.807) is 4.68 Å². The summed E-state index contributed by atoms with van der Waals surface area (Å²) in [5.74, 6) is 0. The first-order chi connectivity index (χ1) is 10.1. The van der Waals surface area contributed by atoms with Crippen LogP contribution < -0.4 is 5.56 Å². The Morgan fingerprint density at radius 3 is 2.43 bits per heavy atom. The van der Waals surface area contributed by atoms with Crippen LogP contribution in [0.3, 0.4) is 0 Å². The third-order valence-electron chi connectivity index (χ3n) is 3.90. The predicted molar refractivity (Wildman–Crippen MR) is 86.2 cm³/mol. The summed E-state index contributed by atoms with van der Waals surface area (Å²) in [6.45, 7) is 6.06. The molecular formula is C18H18N2O. The van der Waals surface area contributed by atoms with Gasteiger partial charge in [-0.2, -0.15) is 9.78 Å². The minimum absolute atomic E-state index is 0.0554. The van der Waals surface area contributed by atoms with Crippen LogP contribution in [-0.4, -0.2) is 9.78 Å². The van der Waals surface area contributed by atoms with Gasteiger partial charge in [0.2, 0.25) is 0 Å². The van der Waals surface area contributed by atoms with Gasteiger partial charge in [-0.05, 0) is 37.5 Å². The number of aryl methyl sites for hydroxylation is 3. The average Bonchev–Trinajstić information content (AvgIpc) is 2.51. The first-order valence-electron chi connectivity index (χ1n) is 7.21. The van der Waals surface area contributed by atoms with Gasteiger partial charge < -0.3 is 0 Å². The number of aromatic nitrogens is 2. The Hall–Kier alpha value is -2.42. The fourth-order valence-electron chi connectivity index (χ4n) is 2.81. The van der Waals surface area contributed by atoms with Crippen LogP contribution in [0.1, 0.15) is 23.7 Å². The molecule has 0 bridgehead atoms. The van der Waals surface area contributed by atoms with Gasteiger partial charge >= 0.3 is 0 Å². The summed E-state index contributed by atoms with van der Waals surface area (Å²) in [5, 5.41) is 6.18. The van der Waals surface area contributed by atoms with Crippen molar-refractivity contribution in [1.29, 1.82) is 0 Å². The molecule has 3 heteroatoms. The van der Waals surface area contributed by atoms with Crippen LogP contribution in [0.15, 0.2) is 47.3 Å². The van der Waals surface area contributed by atoms with Gasteiger partial charge in [-0.25, -0.2) is 0 Å². The number of hydrogen-bond acceptors (Lipinski definition) is 2. The second-order valence-corrected chi connectivity index (χ2v) is 5.28. The standard InChI is InChI=1S/C18H18N2O/c1-4-14-9-7-8-12(2)17(14)20-18(21)16-11-6-5-10-15(16)13(3)19-20/h5-11H,4H2,1-3H3. The molecule has 3 aromatic rings. The Bertz CT molecular complexity index is 878. The van der Waals surface area contributed by atoms with Gasteiger partial charge in [0.15, 0.2) is 0 Å². The van der Waals surface area contributed by atoms with E-state index in [4.69, 9.17) is 0 Å². The van der Waals surface area contributed by atoms with Crippen LogP contribution >= 0.6 is 0 Å². The van der Waals surface area contributed by atoms with Crippen LogP contribution in [0, 0.1) is 13.8 Å². The maximum absolute atomic E-state index is 12.8. The largest absolute Gasteiger partial charge is 0.279 e. The maximum atomic E-state index is 12.8. The summed E-state index contributed by atoms with van der Waals surface area (Å²) in [4.78, 5) is 12.8. The van der Waals surface area contributed by atoms with E-state index in [0.29, 0.717) is 0 Å². The predicted octanol–water partition coefficient (Wildman–Crippen LogP) is 3.56. The third kappa shape index (κ3) is 2.15. The van der Waals surface area contributed by atoms with Gasteiger partial charge in [0, 0.05) is 5.39 Å². The summed E-state index contributed by atoms with van der Waals surface area (Å²) in [5.41, 5.74) is 3.94. The summed E-state index contributed by atoms with van der Waals surface area (Å²) < 4.78 is 1.56. The molecule has 0 amide bonds. The third-order valence-corrected chi connectivity index (χ3v) is 3.90. The first kappa shape index (κ1) is 13.6. The number of rotatable bonds is 2. The number of para-hydroxylation sites is 1. The number of nitrogens with zero attached hydrogens (tertiary/aromatic N) is 2. The van der Waals surface area contributed by atoms with Crippen LogP contribution in [0.25, 0.3) is 16.5 Å². The van der Waals surface area contributed by atoms with Crippen molar-refractivity contribution >= 4 is 10.8 Å². The molecule has 0 aliphatic rings. The number of benzene rings is 2. The lowest BCUT2D eigenvalue weighted by Gasteiger charge is -2.14. The zero-order valence-corrected chi connectivity index (χ0v) is 12.6. The van der Waals surface area contributed by atoms with E-state index in [2.05, 4.69) is 18.1 Å². The molecule has 3 rings (SSSR count). The second-order valence-electron chi connectivity index (χ2n) is 5.28. The Balaban J connectivity index is 2.42. The van der Waals surface area contributed by atoms with Gasteiger partial charge in [0.05, 0.1) is 16.8 Å². The molecule has 0 atom stereocenters. The monoisotopic (exact) mass is 278 g/mol. The molecule has 0 saturated carbocycles. The Morgan fingerprint density at radius 2 is 1.71 bits per heavy atom. The zero-order valence-electron chi connectivity index (χ0n) is 12.6. The highest BCUT2D eigenvalue weighted by Gasteiger charge is 2.13. The van der Waals surface area contributed by atoms with E-state index < -0.39 is 0 Å². The smallest absolute Gasteiger partial charge is 0.267 e. The van der Waals surface area contributed by atoms with Crippen molar-refractivity contribution in [3.8, 4) is 5.69 Å². The number of fused-ring (bicyclic) bond motifs is 1. The molecule has 21 heavy (non-hydrogen) atoms. The lowest BCUT2D eigenvalue weighted by molar-refractivity contribution is 0.784. The molecule has 2 aromatic carbocycles. The SMILES string of the molecule is CCc1cccc(C)c1-n1nc(C)c2ccccc2c1=O. The highest BCUT2D eigenvalue weighted by atomic mass is 16.1. The second kappa shape index (κ2) is 5.17. The Kier molecular flexibility index (Phi) is 3.34. The van der Waals surface area contributed by atoms with Crippen molar-refractivity contribution in [2.24, 2.45) is 0 Å². The van der Waals surface area contributed by atoms with E-state index in [1.165, 1.54) is 0 Å². The van der Waals surface area contributed by atoms with Crippen LogP contribution in [-0.2, 0) is 6.42 Å². The molecule has 1 aromatic heterocycles. The molecular weight excluding hydrogens is 260 g/mol. The quantitative estimate of drug-likeness (QED) is 0.718. The molecule has 0 fully saturated rings. The van der Waals surface area contributed by atoms with Crippen molar-refractivity contribution in [2.45, 2.75) is 27.2 Å². The molecule has 0 saturated heterocycles. The molecule has 0 unspecified atom stereocenters. The van der Waals surface area contributed by atoms with Crippen molar-refractivity contribution in [3.05, 3.63) is 69.6 Å². The zero-order chi connectivity index (χ0) is 15.0. The normalized spacial score (nSPS) is 11.0. The van der Waals surface area contributed by atoms with Crippen molar-refractivity contribution in [2.75, 3.05) is 0 Å². The Labute approximate surface area is 123 Å². The molecule has 1 heterocycles. The number of hydrogen-bond donors (Lipinski definition) is 0. The molecule has 0 radical (unpaired) electrons. The highest BCUT2D eigenvalue weighted by Crippen LogP contribution is 2.20. The summed E-state index contributed by atoms with van der Waals surface area (Å²) in [6, 6.07) is 13.7. The van der Waals surface area contributed by atoms with Gasteiger partial charge in [0.25, 0.3) is 5.56 Å². The minimum Gasteiger partial charge on any atom is -0.267 e. The Morgan fingerprint density at radius 1 is 1.00 bits per heavy atom. The molecule has 0 aliphatic carbocycles. The van der Waals surface area contributed by atoms with Gasteiger partial charge in [-0.15, -0.1) is 0 Å². The maximum Gasteiger partial charge on any atom is 0.279 e. The fourth-order valence-corrected chi connectivity index (χ4v) is 2.81. The van der Waals surface area contributed by atoms with Crippen molar-refractivity contribution < 1.29 is 0 Å². The van der Waals surface area contributed by atoms with E-state index in [-0.39, 0.29) is 5.56 Å². The summed E-state index contributed by atoms with van der Waals surface area (Å²) >= 11 is 0. The minimum atomic E-state index is -0.0554. The van der Waals surface area contributed by atoms with E-state index in [9.17, 15) is 4.79 Å². The first-order valence-corrected chi connectivity index (χ1v) is 7.21. The van der Waals surface area contributed by atoms with E-state index in [0.717, 1.165) is 39.7 Å².